The Balaban J connectivity index is 1.91. The molecule has 0 unspecified atom stereocenters. The second-order valence-corrected chi connectivity index (χ2v) is 3.56. The molecule has 0 aliphatic heterocycles. The highest BCUT2D eigenvalue weighted by atomic mass is 35.5. The third-order valence-corrected chi connectivity index (χ3v) is 2.29. The zero-order chi connectivity index (χ0) is 11.7. The highest BCUT2D eigenvalue weighted by Gasteiger charge is 2.08. The van der Waals surface area contributed by atoms with Crippen LogP contribution in [0.3, 0.4) is 0 Å². The van der Waals surface area contributed by atoms with Gasteiger partial charge in [-0.25, -0.2) is 0 Å². The van der Waals surface area contributed by atoms with Crippen LogP contribution in [0.1, 0.15) is 5.76 Å². The molecule has 0 aromatic carbocycles. The van der Waals surface area contributed by atoms with Crippen LogP contribution in [0.2, 0.25) is 5.28 Å². The lowest BCUT2D eigenvalue weighted by molar-refractivity contribution is 0.517. The Hall–Kier alpha value is -2.15. The first-order valence-electron chi connectivity index (χ1n) is 4.82. The minimum Gasteiger partial charge on any atom is -0.467 e. The van der Waals surface area contributed by atoms with E-state index in [4.69, 9.17) is 16.0 Å². The number of nitrogens with zero attached hydrogens (tertiary/aromatic N) is 5. The molecule has 3 rings (SSSR count). The summed E-state index contributed by atoms with van der Waals surface area (Å²) in [5.41, 5.74) is 0. The Bertz CT molecular complexity index is 634. The van der Waals surface area contributed by atoms with Crippen molar-refractivity contribution in [3.8, 4) is 0 Å². The van der Waals surface area contributed by atoms with Gasteiger partial charge in [0.15, 0.2) is 0 Å². The molecule has 3 aromatic heterocycles. The summed E-state index contributed by atoms with van der Waals surface area (Å²) in [7, 11) is 0. The van der Waals surface area contributed by atoms with Crippen molar-refractivity contribution in [3.05, 3.63) is 35.8 Å². The normalized spacial score (nSPS) is 10.9. The van der Waals surface area contributed by atoms with Gasteiger partial charge in [-0.2, -0.15) is 24.6 Å². The topological polar surface area (TPSA) is 81.1 Å². The van der Waals surface area contributed by atoms with E-state index in [1.54, 1.807) is 6.26 Å². The average molecular weight is 251 g/mol. The summed E-state index contributed by atoms with van der Waals surface area (Å²) in [5, 5.41) is 7.15. The summed E-state index contributed by atoms with van der Waals surface area (Å²) >= 11 is 5.77. The number of nitrogens with one attached hydrogen (secondary N) is 1. The van der Waals surface area contributed by atoms with Gasteiger partial charge in [-0.15, -0.1) is 0 Å². The smallest absolute Gasteiger partial charge is 0.258 e. The van der Waals surface area contributed by atoms with Crippen LogP contribution >= 0.6 is 11.6 Å². The molecular formula is C9H7ClN6O. The van der Waals surface area contributed by atoms with Gasteiger partial charge in [0.2, 0.25) is 11.2 Å². The summed E-state index contributed by atoms with van der Waals surface area (Å²) in [4.78, 5) is 11.9. The first kappa shape index (κ1) is 10.0. The molecule has 0 saturated carbocycles. The van der Waals surface area contributed by atoms with E-state index in [2.05, 4.69) is 25.4 Å². The molecule has 0 aliphatic carbocycles. The molecule has 86 valence electrons. The predicted molar refractivity (Wildman–Crippen MR) is 59.6 cm³/mol. The fraction of sp³-hybridized carbons (Fsp3) is 0.111. The Morgan fingerprint density at radius 2 is 2.35 bits per heavy atom. The quantitative estimate of drug-likeness (QED) is 0.756. The van der Waals surface area contributed by atoms with Crippen LogP contribution in [0.15, 0.2) is 29.1 Å². The monoisotopic (exact) mass is 250 g/mol. The molecule has 3 heterocycles. The van der Waals surface area contributed by atoms with E-state index in [9.17, 15) is 0 Å². The SMILES string of the molecule is Clc1nc(NCc2ccco2)n2ncnc2n1. The summed E-state index contributed by atoms with van der Waals surface area (Å²) in [6.45, 7) is 0.481. The lowest BCUT2D eigenvalue weighted by Crippen LogP contribution is -2.08. The first-order chi connectivity index (χ1) is 8.33. The standard InChI is InChI=1S/C9H7ClN6O/c10-7-14-8(11-4-6-2-1-3-17-6)16-9(15-7)12-5-13-16/h1-3,5H,4H2,(H,11,12,13,14,15). The Morgan fingerprint density at radius 3 is 3.18 bits per heavy atom. The van der Waals surface area contributed by atoms with Crippen LogP contribution in [0, 0.1) is 0 Å². The van der Waals surface area contributed by atoms with Gasteiger partial charge in [-0.1, -0.05) is 0 Å². The lowest BCUT2D eigenvalue weighted by atomic mass is 10.4. The zero-order valence-electron chi connectivity index (χ0n) is 8.54. The fourth-order valence-corrected chi connectivity index (χ4v) is 1.55. The molecule has 0 fully saturated rings. The van der Waals surface area contributed by atoms with Gasteiger partial charge >= 0.3 is 0 Å². The number of aromatic nitrogens is 5. The van der Waals surface area contributed by atoms with Crippen LogP contribution in [0.25, 0.3) is 5.78 Å². The van der Waals surface area contributed by atoms with E-state index in [1.807, 2.05) is 12.1 Å². The van der Waals surface area contributed by atoms with Crippen molar-refractivity contribution in [2.45, 2.75) is 6.54 Å². The summed E-state index contributed by atoms with van der Waals surface area (Å²) < 4.78 is 6.66. The van der Waals surface area contributed by atoms with Crippen molar-refractivity contribution in [1.29, 1.82) is 0 Å². The van der Waals surface area contributed by atoms with Gasteiger partial charge in [0.05, 0.1) is 12.8 Å². The lowest BCUT2D eigenvalue weighted by Gasteiger charge is -2.04. The second-order valence-electron chi connectivity index (χ2n) is 3.22. The maximum Gasteiger partial charge on any atom is 0.258 e. The van der Waals surface area contributed by atoms with Crippen molar-refractivity contribution in [3.63, 3.8) is 0 Å². The minimum atomic E-state index is 0.118. The molecule has 0 aliphatic rings. The van der Waals surface area contributed by atoms with Crippen molar-refractivity contribution in [2.24, 2.45) is 0 Å². The van der Waals surface area contributed by atoms with Gasteiger partial charge in [0, 0.05) is 0 Å². The average Bonchev–Trinajstić information content (AvgIpc) is 2.95. The van der Waals surface area contributed by atoms with Gasteiger partial charge in [0.1, 0.15) is 12.1 Å². The Kier molecular flexibility index (Phi) is 2.37. The second kappa shape index (κ2) is 4.02. The van der Waals surface area contributed by atoms with E-state index in [1.165, 1.54) is 10.8 Å². The zero-order valence-corrected chi connectivity index (χ0v) is 9.29. The maximum atomic E-state index is 5.77. The summed E-state index contributed by atoms with van der Waals surface area (Å²) in [5.74, 6) is 1.65. The van der Waals surface area contributed by atoms with Crippen LogP contribution in [0.4, 0.5) is 5.95 Å². The molecular weight excluding hydrogens is 244 g/mol. The van der Waals surface area contributed by atoms with Crippen molar-refractivity contribution in [1.82, 2.24) is 24.6 Å². The first-order valence-corrected chi connectivity index (χ1v) is 5.20. The van der Waals surface area contributed by atoms with Crippen molar-refractivity contribution >= 4 is 23.3 Å². The molecule has 0 bridgehead atoms. The van der Waals surface area contributed by atoms with Crippen molar-refractivity contribution in [2.75, 3.05) is 5.32 Å². The number of fused-ring (bicyclic) bond motifs is 1. The Morgan fingerprint density at radius 1 is 1.41 bits per heavy atom. The molecule has 0 atom stereocenters. The largest absolute Gasteiger partial charge is 0.467 e. The molecule has 8 heteroatoms. The van der Waals surface area contributed by atoms with Crippen LogP contribution in [-0.2, 0) is 6.54 Å². The molecule has 0 saturated heterocycles. The van der Waals surface area contributed by atoms with E-state index in [0.717, 1.165) is 5.76 Å². The molecule has 0 spiro atoms. The van der Waals surface area contributed by atoms with Gasteiger partial charge in [0.25, 0.3) is 5.78 Å². The Labute approximate surface area is 100 Å². The third kappa shape index (κ3) is 1.92. The van der Waals surface area contributed by atoms with Crippen LogP contribution < -0.4 is 5.32 Å². The highest BCUT2D eigenvalue weighted by Crippen LogP contribution is 2.10. The van der Waals surface area contributed by atoms with E-state index < -0.39 is 0 Å². The fourth-order valence-electron chi connectivity index (χ4n) is 1.40. The number of hydrogen-bond donors (Lipinski definition) is 1. The van der Waals surface area contributed by atoms with Gasteiger partial charge in [-0.3, -0.25) is 0 Å². The minimum absolute atomic E-state index is 0.118. The van der Waals surface area contributed by atoms with E-state index in [0.29, 0.717) is 18.3 Å². The highest BCUT2D eigenvalue weighted by molar-refractivity contribution is 6.28. The molecule has 0 amide bonds. The van der Waals surface area contributed by atoms with Crippen LogP contribution in [-0.4, -0.2) is 24.6 Å². The molecule has 17 heavy (non-hydrogen) atoms. The number of furan rings is 1. The summed E-state index contributed by atoms with van der Waals surface area (Å²) in [6, 6.07) is 3.67. The molecule has 7 nitrogen and oxygen atoms in total. The number of anilines is 1. The van der Waals surface area contributed by atoms with E-state index >= 15 is 0 Å². The number of rotatable bonds is 3. The predicted octanol–water partition coefficient (Wildman–Crippen LogP) is 1.38. The molecule has 0 radical (unpaired) electrons. The maximum absolute atomic E-state index is 5.77. The third-order valence-electron chi connectivity index (χ3n) is 2.12. The van der Waals surface area contributed by atoms with Gasteiger partial charge < -0.3 is 9.73 Å². The molecule has 1 N–H and O–H groups in total. The van der Waals surface area contributed by atoms with Crippen molar-refractivity contribution < 1.29 is 4.42 Å². The number of hydrogen-bond acceptors (Lipinski definition) is 6. The summed E-state index contributed by atoms with van der Waals surface area (Å²) in [6.07, 6.45) is 2.99. The molecule has 3 aromatic rings. The van der Waals surface area contributed by atoms with Crippen LogP contribution in [0.5, 0.6) is 0 Å². The van der Waals surface area contributed by atoms with Gasteiger partial charge in [-0.05, 0) is 23.7 Å². The number of halogens is 1. The van der Waals surface area contributed by atoms with E-state index in [-0.39, 0.29) is 5.28 Å².